The fourth-order valence-electron chi connectivity index (χ4n) is 4.55. The Morgan fingerprint density at radius 2 is 1.78 bits per heavy atom. The van der Waals surface area contributed by atoms with Gasteiger partial charge in [0.05, 0.1) is 35.1 Å². The van der Waals surface area contributed by atoms with Gasteiger partial charge in [0.15, 0.2) is 4.80 Å². The maximum absolute atomic E-state index is 13.8. The lowest BCUT2D eigenvalue weighted by atomic mass is 9.91. The number of hydrogen-bond donors (Lipinski definition) is 0. The molecule has 7 heteroatoms. The molecule has 4 aromatic rings. The van der Waals surface area contributed by atoms with Gasteiger partial charge in [0.2, 0.25) is 0 Å². The van der Waals surface area contributed by atoms with E-state index < -0.39 is 12.0 Å². The quantitative estimate of drug-likeness (QED) is 0.371. The molecule has 0 N–H and O–H groups in total. The van der Waals surface area contributed by atoms with Crippen molar-refractivity contribution in [3.63, 3.8) is 0 Å². The Labute approximate surface area is 212 Å². The minimum atomic E-state index is -0.645. The van der Waals surface area contributed by atoms with Gasteiger partial charge in [0.25, 0.3) is 5.56 Å². The molecule has 1 aliphatic heterocycles. The van der Waals surface area contributed by atoms with Crippen molar-refractivity contribution in [3.05, 3.63) is 109 Å². The van der Waals surface area contributed by atoms with Gasteiger partial charge in [-0.05, 0) is 60.9 Å². The summed E-state index contributed by atoms with van der Waals surface area (Å²) in [5, 5.41) is 2.01. The Morgan fingerprint density at radius 1 is 1.03 bits per heavy atom. The van der Waals surface area contributed by atoms with Gasteiger partial charge in [0.1, 0.15) is 5.75 Å². The molecule has 6 nitrogen and oxygen atoms in total. The highest BCUT2D eigenvalue weighted by molar-refractivity contribution is 7.07. The lowest BCUT2D eigenvalue weighted by molar-refractivity contribution is -0.139. The van der Waals surface area contributed by atoms with E-state index >= 15 is 0 Å². The standard InChI is InChI=1S/C29H26N2O4S/c1-4-34-21-15-13-19(14-16-21)17-24-27(32)31-26(23-12-8-10-20-9-6-7-11-22(20)23)25(28(33)35-5-2)18(3)30-29(31)36-24/h6-17,26H,4-5H2,1-3H3/b24-17-/t26-/m1/s1. The smallest absolute Gasteiger partial charge is 0.338 e. The number of thiazole rings is 1. The molecular weight excluding hydrogens is 472 g/mol. The largest absolute Gasteiger partial charge is 0.494 e. The van der Waals surface area contributed by atoms with Gasteiger partial charge < -0.3 is 9.47 Å². The lowest BCUT2D eigenvalue weighted by Crippen LogP contribution is -2.40. The summed E-state index contributed by atoms with van der Waals surface area (Å²) in [7, 11) is 0. The van der Waals surface area contributed by atoms with E-state index in [0.717, 1.165) is 27.6 Å². The third-order valence-corrected chi connectivity index (χ3v) is 7.11. The normalized spacial score (nSPS) is 15.5. The predicted molar refractivity (Wildman–Crippen MR) is 142 cm³/mol. The first-order valence-corrected chi connectivity index (χ1v) is 12.7. The number of ether oxygens (including phenoxy) is 2. The topological polar surface area (TPSA) is 69.9 Å². The fraction of sp³-hybridized carbons (Fsp3) is 0.207. The first-order chi connectivity index (χ1) is 17.5. The minimum absolute atomic E-state index is 0.195. The number of benzene rings is 3. The molecule has 3 aromatic carbocycles. The molecule has 0 fully saturated rings. The van der Waals surface area contributed by atoms with E-state index in [1.54, 1.807) is 18.4 Å². The van der Waals surface area contributed by atoms with Crippen molar-refractivity contribution < 1.29 is 14.3 Å². The van der Waals surface area contributed by atoms with Crippen LogP contribution >= 0.6 is 11.3 Å². The van der Waals surface area contributed by atoms with Gasteiger partial charge in [-0.15, -0.1) is 0 Å². The maximum atomic E-state index is 13.8. The van der Waals surface area contributed by atoms with Crippen molar-refractivity contribution in [1.82, 2.24) is 4.57 Å². The number of carbonyl (C=O) groups excluding carboxylic acids is 1. The van der Waals surface area contributed by atoms with Crippen LogP contribution in [0.5, 0.6) is 5.75 Å². The fourth-order valence-corrected chi connectivity index (χ4v) is 5.60. The van der Waals surface area contributed by atoms with Crippen LogP contribution in [0.3, 0.4) is 0 Å². The van der Waals surface area contributed by atoms with E-state index in [-0.39, 0.29) is 12.2 Å². The number of fused-ring (bicyclic) bond motifs is 2. The summed E-state index contributed by atoms with van der Waals surface area (Å²) >= 11 is 1.32. The Bertz CT molecular complexity index is 1660. The zero-order valence-electron chi connectivity index (χ0n) is 20.4. The van der Waals surface area contributed by atoms with Crippen LogP contribution in [0.25, 0.3) is 16.8 Å². The molecule has 36 heavy (non-hydrogen) atoms. The van der Waals surface area contributed by atoms with E-state index in [4.69, 9.17) is 9.47 Å². The first kappa shape index (κ1) is 23.8. The summed E-state index contributed by atoms with van der Waals surface area (Å²) in [6.07, 6.45) is 1.85. The highest BCUT2D eigenvalue weighted by Gasteiger charge is 2.34. The third kappa shape index (κ3) is 4.27. The van der Waals surface area contributed by atoms with E-state index in [9.17, 15) is 9.59 Å². The molecule has 0 radical (unpaired) electrons. The maximum Gasteiger partial charge on any atom is 0.338 e. The molecule has 0 spiro atoms. The average molecular weight is 499 g/mol. The second kappa shape index (κ2) is 9.95. The Kier molecular flexibility index (Phi) is 6.57. The van der Waals surface area contributed by atoms with Crippen LogP contribution in [0.2, 0.25) is 0 Å². The number of carbonyl (C=O) groups is 1. The third-order valence-electron chi connectivity index (χ3n) is 6.12. The molecule has 0 saturated carbocycles. The number of rotatable bonds is 6. The number of aromatic nitrogens is 1. The molecule has 0 aliphatic carbocycles. The van der Waals surface area contributed by atoms with E-state index in [0.29, 0.717) is 27.2 Å². The zero-order valence-corrected chi connectivity index (χ0v) is 21.2. The van der Waals surface area contributed by atoms with Crippen LogP contribution in [0.15, 0.2) is 87.8 Å². The Morgan fingerprint density at radius 3 is 2.53 bits per heavy atom. The average Bonchev–Trinajstić information content (AvgIpc) is 3.18. The molecule has 1 aliphatic rings. The summed E-state index contributed by atoms with van der Waals surface area (Å²) in [4.78, 5) is 32.2. The first-order valence-electron chi connectivity index (χ1n) is 11.9. The van der Waals surface area contributed by atoms with Gasteiger partial charge >= 0.3 is 5.97 Å². The van der Waals surface area contributed by atoms with Gasteiger partial charge in [-0.25, -0.2) is 9.79 Å². The molecule has 0 unspecified atom stereocenters. The molecule has 0 bridgehead atoms. The van der Waals surface area contributed by atoms with Gasteiger partial charge in [-0.2, -0.15) is 0 Å². The summed E-state index contributed by atoms with van der Waals surface area (Å²) in [6, 6.07) is 20.9. The number of esters is 1. The van der Waals surface area contributed by atoms with Crippen LogP contribution < -0.4 is 19.6 Å². The summed E-state index contributed by atoms with van der Waals surface area (Å²) in [5.41, 5.74) is 2.49. The predicted octanol–water partition coefficient (Wildman–Crippen LogP) is 4.35. The second-order valence-corrected chi connectivity index (χ2v) is 9.38. The number of hydrogen-bond acceptors (Lipinski definition) is 6. The summed E-state index contributed by atoms with van der Waals surface area (Å²) in [6.45, 7) is 6.34. The lowest BCUT2D eigenvalue weighted by Gasteiger charge is -2.25. The molecule has 0 amide bonds. The highest BCUT2D eigenvalue weighted by Crippen LogP contribution is 2.34. The van der Waals surface area contributed by atoms with Crippen molar-refractivity contribution >= 4 is 34.2 Å². The molecule has 1 atom stereocenters. The molecule has 1 aromatic heterocycles. The van der Waals surface area contributed by atoms with Crippen molar-refractivity contribution in [3.8, 4) is 5.75 Å². The zero-order chi connectivity index (χ0) is 25.2. The van der Waals surface area contributed by atoms with E-state index in [1.165, 1.54) is 11.3 Å². The van der Waals surface area contributed by atoms with Gasteiger partial charge in [-0.3, -0.25) is 9.36 Å². The molecule has 182 valence electrons. The summed E-state index contributed by atoms with van der Waals surface area (Å²) in [5.74, 6) is 0.319. The highest BCUT2D eigenvalue weighted by atomic mass is 32.1. The number of allylic oxidation sites excluding steroid dienone is 1. The Hall–Kier alpha value is -3.97. The second-order valence-electron chi connectivity index (χ2n) is 8.37. The monoisotopic (exact) mass is 498 g/mol. The molecular formula is C29H26N2O4S. The number of nitrogens with zero attached hydrogens (tertiary/aromatic N) is 2. The van der Waals surface area contributed by atoms with Crippen LogP contribution in [-0.4, -0.2) is 23.8 Å². The molecule has 2 heterocycles. The van der Waals surface area contributed by atoms with E-state index in [2.05, 4.69) is 4.99 Å². The van der Waals surface area contributed by atoms with Crippen molar-refractivity contribution in [2.45, 2.75) is 26.8 Å². The minimum Gasteiger partial charge on any atom is -0.494 e. The van der Waals surface area contributed by atoms with Gasteiger partial charge in [0, 0.05) is 0 Å². The van der Waals surface area contributed by atoms with Crippen LogP contribution in [0, 0.1) is 0 Å². The van der Waals surface area contributed by atoms with Crippen LogP contribution in [-0.2, 0) is 9.53 Å². The molecule has 0 saturated heterocycles. The van der Waals surface area contributed by atoms with Crippen molar-refractivity contribution in [2.75, 3.05) is 13.2 Å². The van der Waals surface area contributed by atoms with Crippen LogP contribution in [0.1, 0.15) is 37.9 Å². The van der Waals surface area contributed by atoms with E-state index in [1.807, 2.05) is 79.7 Å². The molecule has 5 rings (SSSR count). The van der Waals surface area contributed by atoms with Crippen molar-refractivity contribution in [1.29, 1.82) is 0 Å². The van der Waals surface area contributed by atoms with Crippen LogP contribution in [0.4, 0.5) is 0 Å². The summed E-state index contributed by atoms with van der Waals surface area (Å²) < 4.78 is 13.1. The SMILES string of the molecule is CCOC(=O)C1=C(C)N=c2s/c(=C\c3ccc(OCC)cc3)c(=O)n2[C@@H]1c1cccc2ccccc12. The van der Waals surface area contributed by atoms with Gasteiger partial charge in [-0.1, -0.05) is 65.9 Å². The Balaban J connectivity index is 1.73. The van der Waals surface area contributed by atoms with Crippen molar-refractivity contribution in [2.24, 2.45) is 4.99 Å².